The van der Waals surface area contributed by atoms with Crippen LogP contribution < -0.4 is 25.5 Å². The highest BCUT2D eigenvalue weighted by Gasteiger charge is 2.59. The Labute approximate surface area is 196 Å². The molecule has 0 saturated heterocycles. The van der Waals surface area contributed by atoms with Gasteiger partial charge in [0.05, 0.1) is 31.6 Å². The number of carboxylic acid groups (broad SMARTS) is 1. The number of hydrogen-bond acceptors (Lipinski definition) is 7. The summed E-state index contributed by atoms with van der Waals surface area (Å²) in [6, 6.07) is 5.31. The van der Waals surface area contributed by atoms with Gasteiger partial charge in [-0.2, -0.15) is 5.10 Å². The number of carboxylic acids is 1. The maximum atomic E-state index is 13.4. The van der Waals surface area contributed by atoms with Crippen LogP contribution in [0.5, 0.6) is 11.5 Å². The number of ether oxygens (including phenoxy) is 2. The molecule has 0 aliphatic heterocycles. The van der Waals surface area contributed by atoms with Gasteiger partial charge in [0, 0.05) is 17.7 Å². The molecule has 0 radical (unpaired) electrons. The van der Waals surface area contributed by atoms with Crippen LogP contribution in [0.3, 0.4) is 0 Å². The second-order valence-corrected chi connectivity index (χ2v) is 10.4. The molecule has 33 heavy (non-hydrogen) atoms. The van der Waals surface area contributed by atoms with E-state index in [0.29, 0.717) is 41.1 Å². The zero-order chi connectivity index (χ0) is 23.4. The van der Waals surface area contributed by atoms with Crippen LogP contribution in [0.15, 0.2) is 29.2 Å². The predicted molar refractivity (Wildman–Crippen MR) is 121 cm³/mol. The van der Waals surface area contributed by atoms with Gasteiger partial charge in [-0.25, -0.2) is 4.68 Å². The van der Waals surface area contributed by atoms with Crippen molar-refractivity contribution in [1.29, 1.82) is 0 Å². The van der Waals surface area contributed by atoms with Crippen molar-refractivity contribution in [1.82, 2.24) is 9.78 Å². The van der Waals surface area contributed by atoms with E-state index >= 15 is 0 Å². The zero-order valence-corrected chi connectivity index (χ0v) is 19.5. The second-order valence-electron chi connectivity index (χ2n) is 10.0. The van der Waals surface area contributed by atoms with Gasteiger partial charge in [0.1, 0.15) is 5.02 Å². The molecule has 1 aromatic carbocycles. The number of rotatable bonds is 7. The van der Waals surface area contributed by atoms with Gasteiger partial charge >= 0.3 is 0 Å². The van der Waals surface area contributed by atoms with E-state index in [1.807, 2.05) is 0 Å². The number of aliphatic carboxylic acids is 1. The molecule has 9 heteroatoms. The van der Waals surface area contributed by atoms with Crippen molar-refractivity contribution in [2.45, 2.75) is 50.5 Å². The number of anilines is 2. The molecule has 1 N–H and O–H groups in total. The van der Waals surface area contributed by atoms with Gasteiger partial charge < -0.3 is 24.7 Å². The van der Waals surface area contributed by atoms with Crippen LogP contribution >= 0.6 is 11.6 Å². The molecule has 4 saturated carbocycles. The minimum atomic E-state index is -1.01. The summed E-state index contributed by atoms with van der Waals surface area (Å²) in [7, 11) is 3.11. The fraction of sp³-hybridized carbons (Fsp3) is 0.542. The first-order chi connectivity index (χ1) is 15.8. The molecule has 4 aliphatic rings. The topological polar surface area (TPSA) is 106 Å². The van der Waals surface area contributed by atoms with E-state index in [4.69, 9.17) is 21.1 Å². The average molecular weight is 473 g/mol. The van der Waals surface area contributed by atoms with Gasteiger partial charge in [-0.15, -0.1) is 0 Å². The van der Waals surface area contributed by atoms with Crippen molar-refractivity contribution in [3.63, 3.8) is 0 Å². The van der Waals surface area contributed by atoms with Crippen LogP contribution in [0.4, 0.5) is 11.4 Å². The van der Waals surface area contributed by atoms with Crippen molar-refractivity contribution >= 4 is 28.9 Å². The van der Waals surface area contributed by atoms with E-state index in [9.17, 15) is 14.7 Å². The lowest BCUT2D eigenvalue weighted by Crippen LogP contribution is -2.60. The molecule has 8 nitrogen and oxygen atoms in total. The SMILES string of the molecule is COc1ccc(Nc2cnn(C34C[C@@H]5C[C@@H](CC(CC(=O)[O-])(C5)C3)C4)c(=O)c2Cl)cc1OC. The largest absolute Gasteiger partial charge is 0.550 e. The molecule has 176 valence electrons. The monoisotopic (exact) mass is 472 g/mol. The number of halogens is 1. The quantitative estimate of drug-likeness (QED) is 0.660. The number of benzene rings is 1. The van der Waals surface area contributed by atoms with E-state index in [-0.39, 0.29) is 22.4 Å². The van der Waals surface area contributed by atoms with Crippen LogP contribution in [0.2, 0.25) is 5.02 Å². The van der Waals surface area contributed by atoms with Crippen LogP contribution in [-0.4, -0.2) is 30.0 Å². The maximum absolute atomic E-state index is 13.4. The van der Waals surface area contributed by atoms with Gasteiger partial charge in [0.15, 0.2) is 11.5 Å². The van der Waals surface area contributed by atoms with Gasteiger partial charge in [-0.1, -0.05) is 11.6 Å². The molecule has 4 fully saturated rings. The smallest absolute Gasteiger partial charge is 0.288 e. The molecule has 2 unspecified atom stereocenters. The van der Waals surface area contributed by atoms with Crippen LogP contribution in [-0.2, 0) is 10.3 Å². The fourth-order valence-corrected chi connectivity index (χ4v) is 7.27. The summed E-state index contributed by atoms with van der Waals surface area (Å²) in [4.78, 5) is 24.9. The number of carbonyl (C=O) groups excluding carboxylic acids is 1. The van der Waals surface area contributed by atoms with E-state index in [1.165, 1.54) is 4.68 Å². The van der Waals surface area contributed by atoms with E-state index in [0.717, 1.165) is 32.1 Å². The summed E-state index contributed by atoms with van der Waals surface area (Å²) in [5.41, 5.74) is -0.0712. The fourth-order valence-electron chi connectivity index (χ4n) is 7.09. The first-order valence-corrected chi connectivity index (χ1v) is 11.6. The van der Waals surface area contributed by atoms with Crippen LogP contribution in [0.1, 0.15) is 44.9 Å². The predicted octanol–water partition coefficient (Wildman–Crippen LogP) is 3.09. The zero-order valence-electron chi connectivity index (χ0n) is 18.7. The Hall–Kier alpha value is -2.74. The molecule has 4 aliphatic carbocycles. The minimum Gasteiger partial charge on any atom is -0.550 e. The van der Waals surface area contributed by atoms with Crippen LogP contribution in [0, 0.1) is 17.3 Å². The van der Waals surface area contributed by atoms with Gasteiger partial charge in [0.25, 0.3) is 5.56 Å². The molecule has 2 aromatic rings. The molecule has 0 amide bonds. The maximum Gasteiger partial charge on any atom is 0.288 e. The Morgan fingerprint density at radius 1 is 1.21 bits per heavy atom. The molecule has 0 spiro atoms. The number of nitrogens with one attached hydrogen (secondary N) is 1. The minimum absolute atomic E-state index is 0.0448. The Morgan fingerprint density at radius 3 is 2.55 bits per heavy atom. The Kier molecular flexibility index (Phi) is 5.31. The number of carbonyl (C=O) groups is 1. The van der Waals surface area contributed by atoms with Gasteiger partial charge in [0.2, 0.25) is 0 Å². The number of nitrogens with zero attached hydrogens (tertiary/aromatic N) is 2. The molecule has 1 aromatic heterocycles. The third-order valence-corrected chi connectivity index (χ3v) is 8.07. The third kappa shape index (κ3) is 3.74. The molecular weight excluding hydrogens is 446 g/mol. The molecule has 4 bridgehead atoms. The summed E-state index contributed by atoms with van der Waals surface area (Å²) in [6.45, 7) is 0. The Bertz CT molecular complexity index is 1150. The van der Waals surface area contributed by atoms with Crippen molar-refractivity contribution < 1.29 is 19.4 Å². The number of aromatic nitrogens is 2. The normalized spacial score (nSPS) is 29.7. The van der Waals surface area contributed by atoms with Crippen molar-refractivity contribution in [3.05, 3.63) is 39.8 Å². The van der Waals surface area contributed by atoms with E-state index in [1.54, 1.807) is 38.6 Å². The average Bonchev–Trinajstić information content (AvgIpc) is 2.75. The van der Waals surface area contributed by atoms with Crippen molar-refractivity contribution in [2.24, 2.45) is 17.3 Å². The lowest BCUT2D eigenvalue weighted by molar-refractivity contribution is -0.310. The van der Waals surface area contributed by atoms with E-state index in [2.05, 4.69) is 10.4 Å². The number of hydrogen-bond donors (Lipinski definition) is 1. The first kappa shape index (κ1) is 22.1. The van der Waals surface area contributed by atoms with E-state index < -0.39 is 11.5 Å². The first-order valence-electron chi connectivity index (χ1n) is 11.2. The summed E-state index contributed by atoms with van der Waals surface area (Å²) in [5, 5.41) is 19.3. The highest BCUT2D eigenvalue weighted by atomic mass is 35.5. The summed E-state index contributed by atoms with van der Waals surface area (Å²) < 4.78 is 12.1. The third-order valence-electron chi connectivity index (χ3n) is 7.70. The lowest BCUT2D eigenvalue weighted by atomic mass is 9.46. The van der Waals surface area contributed by atoms with Gasteiger partial charge in [-0.05, 0) is 74.3 Å². The Morgan fingerprint density at radius 2 is 1.91 bits per heavy atom. The molecule has 4 atom stereocenters. The summed E-state index contributed by atoms with van der Waals surface area (Å²) >= 11 is 6.54. The van der Waals surface area contributed by atoms with Gasteiger partial charge in [-0.3, -0.25) is 4.79 Å². The standard InChI is InChI=1S/C24H28ClN3O5/c1-32-18-4-3-16(6-19(18)33-2)27-17-12-26-28(22(31)21(17)25)24-9-14-5-15(10-24)8-23(7-14,13-24)11-20(29)30/h3-4,6,12,14-15,27H,5,7-11,13H2,1-2H3,(H,29,30)/p-1/t14-,15+,23?,24?. The summed E-state index contributed by atoms with van der Waals surface area (Å²) in [6.07, 6.45) is 6.80. The van der Waals surface area contributed by atoms with Crippen LogP contribution in [0.25, 0.3) is 0 Å². The Balaban J connectivity index is 1.47. The summed E-state index contributed by atoms with van der Waals surface area (Å²) in [5.74, 6) is 0.937. The lowest BCUT2D eigenvalue weighted by Gasteiger charge is -2.62. The number of methoxy groups -OCH3 is 2. The highest BCUT2D eigenvalue weighted by Crippen LogP contribution is 2.64. The highest BCUT2D eigenvalue weighted by molar-refractivity contribution is 6.33. The van der Waals surface area contributed by atoms with Crippen molar-refractivity contribution in [2.75, 3.05) is 19.5 Å². The van der Waals surface area contributed by atoms with Crippen molar-refractivity contribution in [3.8, 4) is 11.5 Å². The molecular formula is C24H27ClN3O5-. The molecule has 1 heterocycles. The second kappa shape index (κ2) is 7.94. The molecule has 6 rings (SSSR count).